The molecule has 4 rings (SSSR count). The molecule has 1 amide bonds. The Morgan fingerprint density at radius 2 is 1.48 bits per heavy atom. The van der Waals surface area contributed by atoms with Gasteiger partial charge in [0.2, 0.25) is 10.3 Å². The van der Waals surface area contributed by atoms with Crippen molar-refractivity contribution in [2.45, 2.75) is 0 Å². The Labute approximate surface area is 181 Å². The first-order valence-corrected chi connectivity index (χ1v) is 10.0. The Morgan fingerprint density at radius 3 is 2.19 bits per heavy atom. The summed E-state index contributed by atoms with van der Waals surface area (Å²) in [6, 6.07) is 21.2. The lowest BCUT2D eigenvalue weighted by Crippen LogP contribution is -2.12. The number of carbonyl (C=O) groups excluding carboxylic acids is 2. The summed E-state index contributed by atoms with van der Waals surface area (Å²) in [6.07, 6.45) is 1.54. The zero-order chi connectivity index (χ0) is 21.6. The second-order valence-corrected chi connectivity index (χ2v) is 7.38. The van der Waals surface area contributed by atoms with Gasteiger partial charge in [0.1, 0.15) is 5.82 Å². The van der Waals surface area contributed by atoms with E-state index in [0.29, 0.717) is 32.5 Å². The van der Waals surface area contributed by atoms with E-state index >= 15 is 0 Å². The molecule has 0 saturated carbocycles. The molecule has 4 aromatic rings. The highest BCUT2D eigenvalue weighted by Crippen LogP contribution is 2.23. The second-order valence-electron chi connectivity index (χ2n) is 6.43. The third-order valence-electron chi connectivity index (χ3n) is 4.27. The highest BCUT2D eigenvalue weighted by molar-refractivity contribution is 7.18. The first-order valence-electron chi connectivity index (χ1n) is 9.23. The van der Waals surface area contributed by atoms with Crippen LogP contribution in [0.25, 0.3) is 0 Å². The SMILES string of the molecule is O=C(Nc1nnc(/N=C/c2ccc(F)cc2)s1)c1ccc(C(=O)c2ccccc2)cc1. The van der Waals surface area contributed by atoms with Gasteiger partial charge in [0.25, 0.3) is 5.91 Å². The minimum absolute atomic E-state index is 0.111. The van der Waals surface area contributed by atoms with Crippen LogP contribution in [0.2, 0.25) is 0 Å². The normalized spacial score (nSPS) is 10.9. The van der Waals surface area contributed by atoms with Crippen LogP contribution in [0.1, 0.15) is 31.8 Å². The molecule has 6 nitrogen and oxygen atoms in total. The predicted octanol–water partition coefficient (Wildman–Crippen LogP) is 4.91. The van der Waals surface area contributed by atoms with Crippen LogP contribution in [0.4, 0.5) is 14.7 Å². The van der Waals surface area contributed by atoms with Gasteiger partial charge in [-0.2, -0.15) is 0 Å². The molecule has 1 aromatic heterocycles. The van der Waals surface area contributed by atoms with Crippen LogP contribution in [-0.2, 0) is 0 Å². The Balaban J connectivity index is 1.39. The van der Waals surface area contributed by atoms with Gasteiger partial charge in [-0.05, 0) is 29.8 Å². The number of nitrogens with zero attached hydrogens (tertiary/aromatic N) is 3. The maximum atomic E-state index is 12.9. The molecule has 0 unspecified atom stereocenters. The topological polar surface area (TPSA) is 84.3 Å². The van der Waals surface area contributed by atoms with Crippen molar-refractivity contribution in [3.8, 4) is 0 Å². The van der Waals surface area contributed by atoms with Crippen molar-refractivity contribution in [2.75, 3.05) is 5.32 Å². The molecule has 0 atom stereocenters. The highest BCUT2D eigenvalue weighted by Gasteiger charge is 2.12. The number of ketones is 1. The molecule has 0 aliphatic rings. The number of benzene rings is 3. The molecular weight excluding hydrogens is 415 g/mol. The number of hydrogen-bond acceptors (Lipinski definition) is 6. The van der Waals surface area contributed by atoms with Crippen LogP contribution in [0, 0.1) is 5.82 Å². The van der Waals surface area contributed by atoms with Crippen molar-refractivity contribution in [1.29, 1.82) is 0 Å². The maximum absolute atomic E-state index is 12.9. The Kier molecular flexibility index (Phi) is 6.00. The average Bonchev–Trinajstić information content (AvgIpc) is 3.26. The third kappa shape index (κ3) is 5.12. The van der Waals surface area contributed by atoms with E-state index in [0.717, 1.165) is 11.3 Å². The molecule has 1 heterocycles. The van der Waals surface area contributed by atoms with E-state index in [-0.39, 0.29) is 17.5 Å². The van der Waals surface area contributed by atoms with Crippen molar-refractivity contribution in [1.82, 2.24) is 10.2 Å². The molecule has 0 radical (unpaired) electrons. The molecule has 0 saturated heterocycles. The number of aliphatic imine (C=N–C) groups is 1. The van der Waals surface area contributed by atoms with Crippen molar-refractivity contribution >= 4 is 39.5 Å². The van der Waals surface area contributed by atoms with E-state index in [1.807, 2.05) is 6.07 Å². The van der Waals surface area contributed by atoms with E-state index in [2.05, 4.69) is 20.5 Å². The second kappa shape index (κ2) is 9.19. The summed E-state index contributed by atoms with van der Waals surface area (Å²) in [5.74, 6) is -0.806. The minimum atomic E-state index is -0.371. The monoisotopic (exact) mass is 430 g/mol. The van der Waals surface area contributed by atoms with Crippen LogP contribution in [-0.4, -0.2) is 28.1 Å². The molecule has 0 bridgehead atoms. The van der Waals surface area contributed by atoms with Crippen molar-refractivity contribution in [2.24, 2.45) is 4.99 Å². The highest BCUT2D eigenvalue weighted by atomic mass is 32.1. The Hall–Kier alpha value is -4.04. The number of carbonyl (C=O) groups is 2. The number of nitrogens with one attached hydrogen (secondary N) is 1. The lowest BCUT2D eigenvalue weighted by molar-refractivity contribution is 0.102. The fourth-order valence-corrected chi connectivity index (χ4v) is 3.28. The third-order valence-corrected chi connectivity index (χ3v) is 5.02. The molecular formula is C23H15FN4O2S. The van der Waals surface area contributed by atoms with Crippen LogP contribution in [0.15, 0.2) is 83.9 Å². The predicted molar refractivity (Wildman–Crippen MR) is 118 cm³/mol. The summed E-state index contributed by atoms with van der Waals surface area (Å²) in [6.45, 7) is 0. The fraction of sp³-hybridized carbons (Fsp3) is 0. The van der Waals surface area contributed by atoms with Crippen LogP contribution < -0.4 is 5.32 Å². The molecule has 1 N–H and O–H groups in total. The van der Waals surface area contributed by atoms with Gasteiger partial charge in [0.05, 0.1) is 0 Å². The van der Waals surface area contributed by atoms with Gasteiger partial charge in [-0.3, -0.25) is 14.9 Å². The van der Waals surface area contributed by atoms with Gasteiger partial charge in [-0.25, -0.2) is 9.38 Å². The number of anilines is 1. The molecule has 0 aliphatic heterocycles. The first-order chi connectivity index (χ1) is 15.1. The van der Waals surface area contributed by atoms with Crippen molar-refractivity contribution < 1.29 is 14.0 Å². The fourth-order valence-electron chi connectivity index (χ4n) is 2.70. The van der Waals surface area contributed by atoms with Gasteiger partial charge in [-0.15, -0.1) is 10.2 Å². The van der Waals surface area contributed by atoms with Gasteiger partial charge < -0.3 is 0 Å². The summed E-state index contributed by atoms with van der Waals surface area (Å²) in [7, 11) is 0. The summed E-state index contributed by atoms with van der Waals surface area (Å²) >= 11 is 1.10. The Bertz CT molecular complexity index is 1240. The van der Waals surface area contributed by atoms with Crippen molar-refractivity contribution in [3.63, 3.8) is 0 Å². The molecule has 3 aromatic carbocycles. The van der Waals surface area contributed by atoms with E-state index < -0.39 is 0 Å². The number of amides is 1. The molecule has 31 heavy (non-hydrogen) atoms. The van der Waals surface area contributed by atoms with E-state index in [4.69, 9.17) is 0 Å². The zero-order valence-electron chi connectivity index (χ0n) is 16.0. The number of hydrogen-bond donors (Lipinski definition) is 1. The number of rotatable bonds is 6. The smallest absolute Gasteiger partial charge is 0.257 e. The quantitative estimate of drug-likeness (QED) is 0.348. The largest absolute Gasteiger partial charge is 0.296 e. The maximum Gasteiger partial charge on any atom is 0.257 e. The van der Waals surface area contributed by atoms with Gasteiger partial charge in [0.15, 0.2) is 5.78 Å². The molecule has 152 valence electrons. The zero-order valence-corrected chi connectivity index (χ0v) is 16.8. The molecule has 0 aliphatic carbocycles. The standard InChI is InChI=1S/C23H15FN4O2S/c24-19-12-6-15(7-13-19)14-25-22-27-28-23(31-22)26-21(30)18-10-8-17(9-11-18)20(29)16-4-2-1-3-5-16/h1-14H,(H,26,28,30)/b25-14+. The average molecular weight is 430 g/mol. The summed E-state index contributed by atoms with van der Waals surface area (Å²) in [4.78, 5) is 29.1. The van der Waals surface area contributed by atoms with E-state index in [9.17, 15) is 14.0 Å². The number of halogens is 1. The lowest BCUT2D eigenvalue weighted by Gasteiger charge is -2.04. The first kappa shape index (κ1) is 20.2. The van der Waals surface area contributed by atoms with Crippen LogP contribution in [0.3, 0.4) is 0 Å². The number of aromatic nitrogens is 2. The van der Waals surface area contributed by atoms with Crippen LogP contribution in [0.5, 0.6) is 0 Å². The molecule has 0 spiro atoms. The van der Waals surface area contributed by atoms with E-state index in [1.165, 1.54) is 18.3 Å². The minimum Gasteiger partial charge on any atom is -0.296 e. The van der Waals surface area contributed by atoms with Crippen LogP contribution >= 0.6 is 11.3 Å². The Morgan fingerprint density at radius 1 is 0.839 bits per heavy atom. The van der Waals surface area contributed by atoms with Gasteiger partial charge in [-0.1, -0.05) is 65.9 Å². The summed E-state index contributed by atoms with van der Waals surface area (Å²) in [5, 5.41) is 11.1. The summed E-state index contributed by atoms with van der Waals surface area (Å²) < 4.78 is 12.9. The van der Waals surface area contributed by atoms with E-state index in [1.54, 1.807) is 60.7 Å². The van der Waals surface area contributed by atoms with Crippen molar-refractivity contribution in [3.05, 3.63) is 107 Å². The van der Waals surface area contributed by atoms with Gasteiger partial charge >= 0.3 is 0 Å². The summed E-state index contributed by atoms with van der Waals surface area (Å²) in [5.41, 5.74) is 2.18. The lowest BCUT2D eigenvalue weighted by atomic mass is 10.0. The molecule has 0 fully saturated rings. The van der Waals surface area contributed by atoms with Gasteiger partial charge in [0, 0.05) is 22.9 Å². The molecule has 8 heteroatoms.